The highest BCUT2D eigenvalue weighted by atomic mass is 16.3. The van der Waals surface area contributed by atoms with Crippen molar-refractivity contribution in [1.29, 1.82) is 0 Å². The van der Waals surface area contributed by atoms with Gasteiger partial charge < -0.3 is 15.6 Å². The second kappa shape index (κ2) is 6.94. The van der Waals surface area contributed by atoms with Crippen LogP contribution in [-0.2, 0) is 4.79 Å². The van der Waals surface area contributed by atoms with Gasteiger partial charge in [-0.1, -0.05) is 39.8 Å². The Morgan fingerprint density at radius 3 is 2.31 bits per heavy atom. The van der Waals surface area contributed by atoms with Gasteiger partial charge in [0.15, 0.2) is 0 Å². The molecule has 5 aliphatic rings. The lowest BCUT2D eigenvalue weighted by atomic mass is 9.34. The first-order chi connectivity index (χ1) is 14.9. The van der Waals surface area contributed by atoms with E-state index in [0.29, 0.717) is 29.6 Å². The number of hydrogen-bond donors (Lipinski definition) is 2. The van der Waals surface area contributed by atoms with Crippen LogP contribution in [0.4, 0.5) is 0 Å². The SMILES string of the molecule is C=C(C)C1CCC2(C=O)CC[C@]3(N)[C@H](CC[C@@H]4[C@@]5(C)CCC(O)C(C)(C)[C@@H]5CC[C@]43C)[C@@H]12. The van der Waals surface area contributed by atoms with Crippen molar-refractivity contribution in [3.63, 3.8) is 0 Å². The van der Waals surface area contributed by atoms with Crippen LogP contribution in [0.3, 0.4) is 0 Å². The van der Waals surface area contributed by atoms with Crippen molar-refractivity contribution in [2.45, 2.75) is 110 Å². The van der Waals surface area contributed by atoms with Gasteiger partial charge in [0.05, 0.1) is 6.10 Å². The topological polar surface area (TPSA) is 63.3 Å². The number of allylic oxidation sites excluding steroid dienone is 1. The van der Waals surface area contributed by atoms with E-state index < -0.39 is 0 Å². The van der Waals surface area contributed by atoms with Crippen LogP contribution in [-0.4, -0.2) is 23.0 Å². The summed E-state index contributed by atoms with van der Waals surface area (Å²) in [5, 5.41) is 10.9. The zero-order chi connectivity index (χ0) is 23.3. The Morgan fingerprint density at radius 1 is 0.938 bits per heavy atom. The Balaban J connectivity index is 1.56. The van der Waals surface area contributed by atoms with Gasteiger partial charge >= 0.3 is 0 Å². The molecule has 3 nitrogen and oxygen atoms in total. The van der Waals surface area contributed by atoms with Gasteiger partial charge in [-0.2, -0.15) is 0 Å². The predicted molar refractivity (Wildman–Crippen MR) is 130 cm³/mol. The molecule has 0 aromatic heterocycles. The molecule has 0 heterocycles. The summed E-state index contributed by atoms with van der Waals surface area (Å²) in [6.45, 7) is 16.2. The van der Waals surface area contributed by atoms with Gasteiger partial charge in [0, 0.05) is 11.0 Å². The third-order valence-electron chi connectivity index (χ3n) is 12.8. The number of aliphatic hydroxyl groups is 1. The van der Waals surface area contributed by atoms with E-state index in [9.17, 15) is 9.90 Å². The summed E-state index contributed by atoms with van der Waals surface area (Å²) in [5.41, 5.74) is 8.89. The van der Waals surface area contributed by atoms with Crippen molar-refractivity contribution in [3.05, 3.63) is 12.2 Å². The van der Waals surface area contributed by atoms with E-state index in [-0.39, 0.29) is 33.3 Å². The molecule has 5 saturated carbocycles. The minimum absolute atomic E-state index is 0.0251. The summed E-state index contributed by atoms with van der Waals surface area (Å²) in [6.07, 6.45) is 12.0. The Bertz CT molecular complexity index is 820. The van der Waals surface area contributed by atoms with Crippen LogP contribution in [0.5, 0.6) is 0 Å². The molecule has 5 aliphatic carbocycles. The summed E-state index contributed by atoms with van der Waals surface area (Å²) in [6, 6.07) is 0. The monoisotopic (exact) mass is 441 g/mol. The highest BCUT2D eigenvalue weighted by Crippen LogP contribution is 2.74. The van der Waals surface area contributed by atoms with Crippen molar-refractivity contribution in [2.24, 2.45) is 57.0 Å². The largest absolute Gasteiger partial charge is 0.393 e. The molecule has 3 heteroatoms. The maximum absolute atomic E-state index is 12.5. The molecule has 180 valence electrons. The number of fused-ring (bicyclic) bond motifs is 7. The average Bonchev–Trinajstić information content (AvgIpc) is 3.12. The molecule has 5 rings (SSSR count). The molecule has 3 N–H and O–H groups in total. The number of rotatable bonds is 2. The van der Waals surface area contributed by atoms with Gasteiger partial charge in [-0.15, -0.1) is 0 Å². The molecule has 10 atom stereocenters. The Hall–Kier alpha value is -0.670. The third-order valence-corrected chi connectivity index (χ3v) is 12.8. The zero-order valence-corrected chi connectivity index (χ0v) is 21.3. The van der Waals surface area contributed by atoms with E-state index >= 15 is 0 Å². The molecule has 0 radical (unpaired) electrons. The Labute approximate surface area is 196 Å². The fraction of sp³-hybridized carbons (Fsp3) is 0.897. The van der Waals surface area contributed by atoms with E-state index in [1.54, 1.807) is 0 Å². The van der Waals surface area contributed by atoms with Crippen LogP contribution >= 0.6 is 0 Å². The van der Waals surface area contributed by atoms with Crippen molar-refractivity contribution in [2.75, 3.05) is 0 Å². The molecular formula is C29H47NO2. The summed E-state index contributed by atoms with van der Waals surface area (Å²) in [4.78, 5) is 12.5. The lowest BCUT2D eigenvalue weighted by molar-refractivity contribution is -0.221. The van der Waals surface area contributed by atoms with Gasteiger partial charge in [-0.05, 0) is 117 Å². The number of carbonyl (C=O) groups excluding carboxylic acids is 1. The molecule has 3 unspecified atom stereocenters. The number of aliphatic hydroxyl groups excluding tert-OH is 1. The normalized spacial score (nSPS) is 56.3. The van der Waals surface area contributed by atoms with E-state index in [4.69, 9.17) is 5.73 Å². The molecular weight excluding hydrogens is 394 g/mol. The lowest BCUT2D eigenvalue weighted by Gasteiger charge is -2.72. The lowest BCUT2D eigenvalue weighted by Crippen LogP contribution is -2.73. The molecule has 0 aliphatic heterocycles. The zero-order valence-electron chi connectivity index (χ0n) is 21.3. The van der Waals surface area contributed by atoms with Crippen LogP contribution < -0.4 is 5.73 Å². The quantitative estimate of drug-likeness (QED) is 0.414. The first kappa shape index (κ1) is 23.1. The maximum atomic E-state index is 12.5. The highest BCUT2D eigenvalue weighted by Gasteiger charge is 2.71. The van der Waals surface area contributed by atoms with Crippen molar-refractivity contribution < 1.29 is 9.90 Å². The molecule has 32 heavy (non-hydrogen) atoms. The van der Waals surface area contributed by atoms with Gasteiger partial charge in [0.1, 0.15) is 6.29 Å². The molecule has 5 fully saturated rings. The van der Waals surface area contributed by atoms with Crippen LogP contribution in [0.15, 0.2) is 12.2 Å². The molecule has 0 aromatic carbocycles. The number of nitrogens with two attached hydrogens (primary N) is 1. The van der Waals surface area contributed by atoms with E-state index in [1.165, 1.54) is 31.1 Å². The molecule has 0 bridgehead atoms. The van der Waals surface area contributed by atoms with Crippen LogP contribution in [0.25, 0.3) is 0 Å². The summed E-state index contributed by atoms with van der Waals surface area (Å²) >= 11 is 0. The summed E-state index contributed by atoms with van der Waals surface area (Å²) < 4.78 is 0. The fourth-order valence-corrected chi connectivity index (χ4v) is 11.1. The second-order valence-corrected chi connectivity index (χ2v) is 14.0. The van der Waals surface area contributed by atoms with Crippen molar-refractivity contribution in [3.8, 4) is 0 Å². The fourth-order valence-electron chi connectivity index (χ4n) is 11.1. The van der Waals surface area contributed by atoms with Crippen molar-refractivity contribution >= 4 is 6.29 Å². The van der Waals surface area contributed by atoms with Gasteiger partial charge in [-0.25, -0.2) is 0 Å². The molecule has 0 saturated heterocycles. The van der Waals surface area contributed by atoms with Gasteiger partial charge in [0.25, 0.3) is 0 Å². The van der Waals surface area contributed by atoms with Gasteiger partial charge in [-0.3, -0.25) is 0 Å². The van der Waals surface area contributed by atoms with Crippen LogP contribution in [0, 0.1) is 51.2 Å². The first-order valence-electron chi connectivity index (χ1n) is 13.5. The first-order valence-corrected chi connectivity index (χ1v) is 13.5. The summed E-state index contributed by atoms with van der Waals surface area (Å²) in [7, 11) is 0. The maximum Gasteiger partial charge on any atom is 0.126 e. The number of hydrogen-bond acceptors (Lipinski definition) is 3. The van der Waals surface area contributed by atoms with E-state index in [2.05, 4.69) is 41.2 Å². The van der Waals surface area contributed by atoms with E-state index in [0.717, 1.165) is 44.9 Å². The number of aldehydes is 1. The van der Waals surface area contributed by atoms with E-state index in [1.807, 2.05) is 0 Å². The van der Waals surface area contributed by atoms with Crippen LogP contribution in [0.2, 0.25) is 0 Å². The third kappa shape index (κ3) is 2.59. The molecule has 0 aromatic rings. The Morgan fingerprint density at radius 2 is 1.66 bits per heavy atom. The van der Waals surface area contributed by atoms with Crippen molar-refractivity contribution in [1.82, 2.24) is 0 Å². The Kier molecular flexibility index (Phi) is 5.01. The predicted octanol–water partition coefficient (Wildman–Crippen LogP) is 5.90. The standard InChI is InChI=1S/C29H47NO2/c1-18(2)19-9-14-28(17-31)15-16-29(30)20(24(19)28)7-8-22-26(5)12-11-23(32)25(3,4)21(26)10-13-27(22,29)6/h17,19-24,32H,1,7-16,30H2,2-6H3/t19?,20-,21+,22-,23?,24-,26+,27-,28?,29+/m1/s1. The summed E-state index contributed by atoms with van der Waals surface area (Å²) in [5.74, 6) is 2.42. The minimum Gasteiger partial charge on any atom is -0.393 e. The smallest absolute Gasteiger partial charge is 0.126 e. The van der Waals surface area contributed by atoms with Gasteiger partial charge in [0.2, 0.25) is 0 Å². The molecule has 0 spiro atoms. The molecule has 0 amide bonds. The average molecular weight is 442 g/mol. The minimum atomic E-state index is -0.195. The number of carbonyl (C=O) groups is 1. The van der Waals surface area contributed by atoms with Crippen LogP contribution in [0.1, 0.15) is 98.8 Å². The second-order valence-electron chi connectivity index (χ2n) is 14.0. The highest BCUT2D eigenvalue weighted by molar-refractivity contribution is 5.62.